The summed E-state index contributed by atoms with van der Waals surface area (Å²) in [5.41, 5.74) is 3.54. The second-order valence-corrected chi connectivity index (χ2v) is 8.75. The maximum absolute atomic E-state index is 12.9. The molecular weight excluding hydrogens is 498 g/mol. The second-order valence-electron chi connectivity index (χ2n) is 8.75. The van der Waals surface area contributed by atoms with Crippen molar-refractivity contribution in [1.82, 2.24) is 10.6 Å². The fourth-order valence-corrected chi connectivity index (χ4v) is 3.85. The van der Waals surface area contributed by atoms with Gasteiger partial charge < -0.3 is 25.5 Å². The van der Waals surface area contributed by atoms with Gasteiger partial charge in [0.15, 0.2) is 5.76 Å². The molecule has 0 aliphatic heterocycles. The van der Waals surface area contributed by atoms with Crippen molar-refractivity contribution in [1.29, 1.82) is 0 Å². The first-order valence-corrected chi connectivity index (χ1v) is 12.3. The third kappa shape index (κ3) is 7.65. The highest BCUT2D eigenvalue weighted by atomic mass is 16.4. The van der Waals surface area contributed by atoms with E-state index < -0.39 is 23.8 Å². The van der Waals surface area contributed by atoms with Crippen molar-refractivity contribution in [3.05, 3.63) is 114 Å². The minimum Gasteiger partial charge on any atom is -0.481 e. The van der Waals surface area contributed by atoms with Gasteiger partial charge in [0, 0.05) is 24.2 Å². The molecule has 0 bridgehead atoms. The van der Waals surface area contributed by atoms with Gasteiger partial charge in [-0.25, -0.2) is 0 Å². The molecule has 4 N–H and O–H groups in total. The predicted octanol–water partition coefficient (Wildman–Crippen LogP) is 4.48. The normalized spacial score (nSPS) is 11.3. The lowest BCUT2D eigenvalue weighted by Crippen LogP contribution is -2.46. The maximum atomic E-state index is 12.9. The van der Waals surface area contributed by atoms with Crippen LogP contribution in [0.4, 0.5) is 5.69 Å². The van der Waals surface area contributed by atoms with E-state index in [1.54, 1.807) is 48.5 Å². The van der Waals surface area contributed by atoms with Gasteiger partial charge in [-0.1, -0.05) is 54.6 Å². The lowest BCUT2D eigenvalue weighted by molar-refractivity contribution is -0.137. The van der Waals surface area contributed by atoms with Gasteiger partial charge in [0.1, 0.15) is 6.04 Å². The van der Waals surface area contributed by atoms with E-state index in [0.29, 0.717) is 11.3 Å². The third-order valence-electron chi connectivity index (χ3n) is 5.95. The number of amides is 3. The molecule has 4 rings (SSSR count). The Bertz CT molecular complexity index is 1420. The summed E-state index contributed by atoms with van der Waals surface area (Å²) in [5.74, 6) is -2.13. The number of hydrogen-bond acceptors (Lipinski definition) is 5. The summed E-state index contributed by atoms with van der Waals surface area (Å²) in [6, 6.07) is 25.5. The summed E-state index contributed by atoms with van der Waals surface area (Å²) in [4.78, 5) is 48.9. The minimum atomic E-state index is -1.05. The van der Waals surface area contributed by atoms with E-state index in [1.807, 2.05) is 42.5 Å². The van der Waals surface area contributed by atoms with E-state index in [1.165, 1.54) is 6.26 Å². The van der Waals surface area contributed by atoms with E-state index >= 15 is 0 Å². The standard InChI is InChI=1S/C30H27N3O6/c34-27(35)17-16-25(29(37)31-19-20-5-2-1-3-6-20)33-28(36)23-10-8-21(9-11-23)22-12-14-24(15-13-22)32-30(38)26-7-4-18-39-26/h1-15,18,25H,16-17,19H2,(H,31,37)(H,32,38)(H,33,36)(H,34,35)/t25-/m0/s1. The number of carboxylic acid groups (broad SMARTS) is 1. The summed E-state index contributed by atoms with van der Waals surface area (Å²) >= 11 is 0. The first kappa shape index (κ1) is 26.9. The number of hydrogen-bond donors (Lipinski definition) is 4. The molecule has 0 unspecified atom stereocenters. The lowest BCUT2D eigenvalue weighted by Gasteiger charge is -2.18. The molecule has 9 heteroatoms. The zero-order valence-electron chi connectivity index (χ0n) is 20.9. The molecule has 1 heterocycles. The monoisotopic (exact) mass is 525 g/mol. The number of furan rings is 1. The molecule has 0 spiro atoms. The van der Waals surface area contributed by atoms with Gasteiger partial charge >= 0.3 is 5.97 Å². The van der Waals surface area contributed by atoms with Gasteiger partial charge in [0.2, 0.25) is 5.91 Å². The molecule has 9 nitrogen and oxygen atoms in total. The van der Waals surface area contributed by atoms with Crippen LogP contribution < -0.4 is 16.0 Å². The van der Waals surface area contributed by atoms with Crippen molar-refractivity contribution in [2.24, 2.45) is 0 Å². The number of aliphatic carboxylic acids is 1. The Balaban J connectivity index is 1.37. The number of carbonyl (C=O) groups is 4. The fourth-order valence-electron chi connectivity index (χ4n) is 3.85. The van der Waals surface area contributed by atoms with Crippen LogP contribution in [-0.4, -0.2) is 34.8 Å². The van der Waals surface area contributed by atoms with E-state index in [2.05, 4.69) is 16.0 Å². The number of benzene rings is 3. The number of nitrogens with one attached hydrogen (secondary N) is 3. The van der Waals surface area contributed by atoms with Gasteiger partial charge in [-0.15, -0.1) is 0 Å². The molecular formula is C30H27N3O6. The summed E-state index contributed by atoms with van der Waals surface area (Å²) < 4.78 is 5.09. The van der Waals surface area contributed by atoms with Crippen molar-refractivity contribution < 1.29 is 28.7 Å². The van der Waals surface area contributed by atoms with Crippen LogP contribution in [-0.2, 0) is 16.1 Å². The topological polar surface area (TPSA) is 138 Å². The Labute approximate surface area is 224 Å². The van der Waals surface area contributed by atoms with Crippen LogP contribution in [0, 0.1) is 0 Å². The van der Waals surface area contributed by atoms with Gasteiger partial charge in [0.05, 0.1) is 6.26 Å². The number of rotatable bonds is 11. The van der Waals surface area contributed by atoms with Gasteiger partial charge in [-0.2, -0.15) is 0 Å². The summed E-state index contributed by atoms with van der Waals surface area (Å²) in [6.45, 7) is 0.263. The Morgan fingerprint density at radius 3 is 2.05 bits per heavy atom. The Hall–Kier alpha value is -5.18. The highest BCUT2D eigenvalue weighted by Crippen LogP contribution is 2.22. The number of anilines is 1. The van der Waals surface area contributed by atoms with E-state index in [4.69, 9.17) is 9.52 Å². The average Bonchev–Trinajstić information content (AvgIpc) is 3.50. The fraction of sp³-hybridized carbons (Fsp3) is 0.133. The molecule has 3 aromatic carbocycles. The van der Waals surface area contributed by atoms with E-state index in [0.717, 1.165) is 16.7 Å². The number of carboxylic acids is 1. The van der Waals surface area contributed by atoms with Gasteiger partial charge in [-0.05, 0) is 59.5 Å². The SMILES string of the molecule is O=C(O)CC[C@H](NC(=O)c1ccc(-c2ccc(NC(=O)c3ccco3)cc2)cc1)C(=O)NCc1ccccc1. The lowest BCUT2D eigenvalue weighted by atomic mass is 10.0. The average molecular weight is 526 g/mol. The van der Waals surface area contributed by atoms with E-state index in [-0.39, 0.29) is 31.1 Å². The molecule has 0 aliphatic carbocycles. The molecule has 4 aromatic rings. The molecule has 1 atom stereocenters. The Kier molecular flexibility index (Phi) is 8.87. The summed E-state index contributed by atoms with van der Waals surface area (Å²) in [6.07, 6.45) is 1.13. The molecule has 39 heavy (non-hydrogen) atoms. The van der Waals surface area contributed by atoms with Crippen molar-refractivity contribution >= 4 is 29.4 Å². The Morgan fingerprint density at radius 1 is 0.769 bits per heavy atom. The quantitative estimate of drug-likeness (QED) is 0.228. The summed E-state index contributed by atoms with van der Waals surface area (Å²) in [7, 11) is 0. The van der Waals surface area contributed by atoms with Crippen molar-refractivity contribution in [2.75, 3.05) is 5.32 Å². The van der Waals surface area contributed by atoms with Crippen LogP contribution in [0.2, 0.25) is 0 Å². The van der Waals surface area contributed by atoms with Crippen molar-refractivity contribution in [3.8, 4) is 11.1 Å². The molecule has 0 aliphatic rings. The second kappa shape index (κ2) is 12.9. The largest absolute Gasteiger partial charge is 0.481 e. The van der Waals surface area contributed by atoms with Crippen LogP contribution in [0.5, 0.6) is 0 Å². The molecule has 0 saturated heterocycles. The van der Waals surface area contributed by atoms with E-state index in [9.17, 15) is 19.2 Å². The molecule has 3 amide bonds. The predicted molar refractivity (Wildman–Crippen MR) is 145 cm³/mol. The van der Waals surface area contributed by atoms with Crippen LogP contribution in [0.25, 0.3) is 11.1 Å². The van der Waals surface area contributed by atoms with Crippen LogP contribution in [0.1, 0.15) is 39.3 Å². The molecule has 0 fully saturated rings. The highest BCUT2D eigenvalue weighted by molar-refractivity contribution is 6.02. The first-order valence-electron chi connectivity index (χ1n) is 12.3. The van der Waals surface area contributed by atoms with Crippen LogP contribution in [0.3, 0.4) is 0 Å². The van der Waals surface area contributed by atoms with Crippen LogP contribution >= 0.6 is 0 Å². The molecule has 0 radical (unpaired) electrons. The zero-order chi connectivity index (χ0) is 27.6. The molecule has 1 aromatic heterocycles. The first-order chi connectivity index (χ1) is 18.9. The zero-order valence-corrected chi connectivity index (χ0v) is 20.9. The Morgan fingerprint density at radius 2 is 1.44 bits per heavy atom. The van der Waals surface area contributed by atoms with Crippen molar-refractivity contribution in [2.45, 2.75) is 25.4 Å². The maximum Gasteiger partial charge on any atom is 0.303 e. The van der Waals surface area contributed by atoms with Crippen molar-refractivity contribution in [3.63, 3.8) is 0 Å². The van der Waals surface area contributed by atoms with Crippen LogP contribution in [0.15, 0.2) is 102 Å². The number of carbonyl (C=O) groups excluding carboxylic acids is 3. The molecule has 0 saturated carbocycles. The third-order valence-corrected chi connectivity index (χ3v) is 5.95. The van der Waals surface area contributed by atoms with Gasteiger partial charge in [-0.3, -0.25) is 19.2 Å². The minimum absolute atomic E-state index is 0.0391. The van der Waals surface area contributed by atoms with Gasteiger partial charge in [0.25, 0.3) is 11.8 Å². The highest BCUT2D eigenvalue weighted by Gasteiger charge is 2.22. The molecule has 198 valence electrons. The summed E-state index contributed by atoms with van der Waals surface area (Å²) in [5, 5.41) is 17.2. The smallest absolute Gasteiger partial charge is 0.303 e.